The fourth-order valence-electron chi connectivity index (χ4n) is 1.54. The Morgan fingerprint density at radius 3 is 3.00 bits per heavy atom. The largest absolute Gasteiger partial charge is 0.508 e. The van der Waals surface area contributed by atoms with Gasteiger partial charge in [-0.25, -0.2) is 0 Å². The van der Waals surface area contributed by atoms with Gasteiger partial charge in [-0.1, -0.05) is 5.21 Å². The molecular formula is C11H15N5O2. The van der Waals surface area contributed by atoms with Crippen LogP contribution < -0.4 is 10.1 Å². The second-order valence-corrected chi connectivity index (χ2v) is 3.87. The van der Waals surface area contributed by atoms with Gasteiger partial charge in [0.05, 0.1) is 13.2 Å². The number of ether oxygens (including phenoxy) is 1. The Bertz CT molecular complexity index is 500. The van der Waals surface area contributed by atoms with Crippen molar-refractivity contribution in [2.24, 2.45) is 0 Å². The first-order chi connectivity index (χ1) is 8.70. The predicted molar refractivity (Wildman–Crippen MR) is 64.1 cm³/mol. The molecule has 0 aliphatic carbocycles. The van der Waals surface area contributed by atoms with Crippen molar-refractivity contribution in [1.29, 1.82) is 0 Å². The molecule has 0 saturated heterocycles. The Kier molecular flexibility index (Phi) is 3.73. The summed E-state index contributed by atoms with van der Waals surface area (Å²) < 4.78 is 5.11. The Morgan fingerprint density at radius 1 is 1.50 bits per heavy atom. The number of phenolic OH excluding ortho intramolecular Hbond substituents is 1. The van der Waals surface area contributed by atoms with E-state index in [0.717, 1.165) is 5.56 Å². The number of nitrogens with zero attached hydrogens (tertiary/aromatic N) is 3. The maximum Gasteiger partial charge on any atom is 0.191 e. The monoisotopic (exact) mass is 249 g/mol. The molecule has 1 unspecified atom stereocenters. The van der Waals surface area contributed by atoms with Crippen LogP contribution in [0.1, 0.15) is 24.4 Å². The highest BCUT2D eigenvalue weighted by molar-refractivity contribution is 5.39. The molecule has 0 aliphatic heterocycles. The van der Waals surface area contributed by atoms with Gasteiger partial charge in [-0.3, -0.25) is 0 Å². The number of aromatic amines is 1. The Balaban J connectivity index is 2.01. The quantitative estimate of drug-likeness (QED) is 0.724. The molecule has 96 valence electrons. The van der Waals surface area contributed by atoms with E-state index in [1.165, 1.54) is 0 Å². The van der Waals surface area contributed by atoms with Crippen LogP contribution >= 0.6 is 0 Å². The van der Waals surface area contributed by atoms with Crippen LogP contribution in [-0.4, -0.2) is 32.8 Å². The van der Waals surface area contributed by atoms with Crippen LogP contribution in [0.2, 0.25) is 0 Å². The number of H-pyrrole nitrogens is 1. The van der Waals surface area contributed by atoms with E-state index in [1.54, 1.807) is 25.3 Å². The Morgan fingerprint density at radius 2 is 2.33 bits per heavy atom. The predicted octanol–water partition coefficient (Wildman–Crippen LogP) is 0.765. The Labute approximate surface area is 104 Å². The number of rotatable bonds is 5. The summed E-state index contributed by atoms with van der Waals surface area (Å²) in [4.78, 5) is 0. The smallest absolute Gasteiger partial charge is 0.191 e. The zero-order chi connectivity index (χ0) is 13.0. The van der Waals surface area contributed by atoms with Crippen molar-refractivity contribution in [1.82, 2.24) is 25.9 Å². The molecule has 0 bridgehead atoms. The SMILES string of the molecule is COc1ccc(O)c(CNC(C)c2nn[nH]n2)c1. The average molecular weight is 249 g/mol. The zero-order valence-electron chi connectivity index (χ0n) is 10.2. The number of aromatic nitrogens is 4. The number of phenols is 1. The number of hydrogen-bond donors (Lipinski definition) is 3. The van der Waals surface area contributed by atoms with E-state index in [-0.39, 0.29) is 11.8 Å². The molecule has 0 fully saturated rings. The van der Waals surface area contributed by atoms with Gasteiger partial charge in [0, 0.05) is 12.1 Å². The van der Waals surface area contributed by atoms with E-state index < -0.39 is 0 Å². The van der Waals surface area contributed by atoms with Crippen LogP contribution in [0.4, 0.5) is 0 Å². The van der Waals surface area contributed by atoms with Gasteiger partial charge in [-0.05, 0) is 25.1 Å². The fraction of sp³-hybridized carbons (Fsp3) is 0.364. The topological polar surface area (TPSA) is 96.0 Å². The van der Waals surface area contributed by atoms with Crippen LogP contribution in [0.3, 0.4) is 0 Å². The Hall–Kier alpha value is -2.15. The number of methoxy groups -OCH3 is 1. The first-order valence-corrected chi connectivity index (χ1v) is 5.53. The average Bonchev–Trinajstić information content (AvgIpc) is 2.91. The van der Waals surface area contributed by atoms with E-state index in [1.807, 2.05) is 6.92 Å². The van der Waals surface area contributed by atoms with Crippen LogP contribution in [0, 0.1) is 0 Å². The molecule has 1 aromatic heterocycles. The lowest BCUT2D eigenvalue weighted by atomic mass is 10.1. The highest BCUT2D eigenvalue weighted by Crippen LogP contribution is 2.23. The second kappa shape index (κ2) is 5.46. The van der Waals surface area contributed by atoms with E-state index in [4.69, 9.17) is 4.74 Å². The normalized spacial score (nSPS) is 12.3. The maximum absolute atomic E-state index is 9.73. The van der Waals surface area contributed by atoms with Gasteiger partial charge in [0.25, 0.3) is 0 Å². The number of tetrazole rings is 1. The number of hydrogen-bond acceptors (Lipinski definition) is 6. The van der Waals surface area contributed by atoms with Crippen molar-refractivity contribution in [3.8, 4) is 11.5 Å². The molecule has 1 atom stereocenters. The van der Waals surface area contributed by atoms with Gasteiger partial charge < -0.3 is 15.2 Å². The molecule has 1 aromatic carbocycles. The van der Waals surface area contributed by atoms with Gasteiger partial charge in [-0.2, -0.15) is 5.21 Å². The van der Waals surface area contributed by atoms with Crippen molar-refractivity contribution in [2.45, 2.75) is 19.5 Å². The zero-order valence-corrected chi connectivity index (χ0v) is 10.2. The van der Waals surface area contributed by atoms with E-state index in [9.17, 15) is 5.11 Å². The van der Waals surface area contributed by atoms with Crippen molar-refractivity contribution in [3.05, 3.63) is 29.6 Å². The van der Waals surface area contributed by atoms with Crippen molar-refractivity contribution in [3.63, 3.8) is 0 Å². The van der Waals surface area contributed by atoms with Gasteiger partial charge in [0.1, 0.15) is 11.5 Å². The molecule has 0 radical (unpaired) electrons. The van der Waals surface area contributed by atoms with Gasteiger partial charge in [0.15, 0.2) is 5.82 Å². The summed E-state index contributed by atoms with van der Waals surface area (Å²) in [6, 6.07) is 5.04. The summed E-state index contributed by atoms with van der Waals surface area (Å²) in [5.41, 5.74) is 0.754. The van der Waals surface area contributed by atoms with Crippen LogP contribution in [0.15, 0.2) is 18.2 Å². The molecule has 0 spiro atoms. The summed E-state index contributed by atoms with van der Waals surface area (Å²) in [6.07, 6.45) is 0. The summed E-state index contributed by atoms with van der Waals surface area (Å²) in [5, 5.41) is 26.6. The molecule has 0 saturated carbocycles. The van der Waals surface area contributed by atoms with Gasteiger partial charge in [0.2, 0.25) is 0 Å². The van der Waals surface area contributed by atoms with Crippen molar-refractivity contribution < 1.29 is 9.84 Å². The van der Waals surface area contributed by atoms with Crippen LogP contribution in [0.5, 0.6) is 11.5 Å². The molecule has 7 nitrogen and oxygen atoms in total. The fourth-order valence-corrected chi connectivity index (χ4v) is 1.54. The summed E-state index contributed by atoms with van der Waals surface area (Å²) in [5.74, 6) is 1.51. The van der Waals surface area contributed by atoms with Gasteiger partial charge >= 0.3 is 0 Å². The molecule has 3 N–H and O–H groups in total. The third-order valence-electron chi connectivity index (χ3n) is 2.63. The summed E-state index contributed by atoms with van der Waals surface area (Å²) in [7, 11) is 1.59. The summed E-state index contributed by atoms with van der Waals surface area (Å²) >= 11 is 0. The molecular weight excluding hydrogens is 234 g/mol. The third-order valence-corrected chi connectivity index (χ3v) is 2.63. The first-order valence-electron chi connectivity index (χ1n) is 5.53. The molecule has 0 aliphatic rings. The molecule has 7 heteroatoms. The molecule has 2 rings (SSSR count). The minimum Gasteiger partial charge on any atom is -0.508 e. The standard InChI is InChI=1S/C11H15N5O2/c1-7(11-13-15-16-14-11)12-6-8-5-9(18-2)3-4-10(8)17/h3-5,7,12,17H,6H2,1-2H3,(H,13,14,15,16). The summed E-state index contributed by atoms with van der Waals surface area (Å²) in [6.45, 7) is 2.40. The highest BCUT2D eigenvalue weighted by atomic mass is 16.5. The lowest BCUT2D eigenvalue weighted by Crippen LogP contribution is -2.19. The minimum atomic E-state index is -0.0608. The van der Waals surface area contributed by atoms with Crippen molar-refractivity contribution in [2.75, 3.05) is 7.11 Å². The van der Waals surface area contributed by atoms with Crippen LogP contribution in [0.25, 0.3) is 0 Å². The minimum absolute atomic E-state index is 0.0608. The molecule has 1 heterocycles. The van der Waals surface area contributed by atoms with Gasteiger partial charge in [-0.15, -0.1) is 10.2 Å². The molecule has 0 amide bonds. The number of aromatic hydroxyl groups is 1. The van der Waals surface area contributed by atoms with E-state index >= 15 is 0 Å². The molecule has 2 aromatic rings. The lowest BCUT2D eigenvalue weighted by molar-refractivity contribution is 0.409. The number of nitrogens with one attached hydrogen (secondary N) is 2. The maximum atomic E-state index is 9.73. The highest BCUT2D eigenvalue weighted by Gasteiger charge is 2.11. The van der Waals surface area contributed by atoms with Crippen molar-refractivity contribution >= 4 is 0 Å². The molecule has 18 heavy (non-hydrogen) atoms. The van der Waals surface area contributed by atoms with E-state index in [2.05, 4.69) is 25.9 Å². The van der Waals surface area contributed by atoms with E-state index in [0.29, 0.717) is 18.1 Å². The number of benzene rings is 1. The lowest BCUT2D eigenvalue weighted by Gasteiger charge is -2.11. The second-order valence-electron chi connectivity index (χ2n) is 3.87. The van der Waals surface area contributed by atoms with Crippen LogP contribution in [-0.2, 0) is 6.54 Å². The third kappa shape index (κ3) is 2.75. The first kappa shape index (κ1) is 12.3.